The molecule has 0 aliphatic carbocycles. The number of benzene rings is 1. The maximum absolute atomic E-state index is 12.3. The van der Waals surface area contributed by atoms with Crippen LogP contribution in [0.15, 0.2) is 30.5 Å². The molecule has 0 aliphatic rings. The van der Waals surface area contributed by atoms with E-state index in [9.17, 15) is 4.79 Å². The highest BCUT2D eigenvalue weighted by Crippen LogP contribution is 2.15. The van der Waals surface area contributed by atoms with Gasteiger partial charge in [0.15, 0.2) is 0 Å². The molecule has 0 aliphatic heterocycles. The monoisotopic (exact) mass is 283 g/mol. The lowest BCUT2D eigenvalue weighted by atomic mass is 10.1. The summed E-state index contributed by atoms with van der Waals surface area (Å²) in [6.07, 6.45) is 2.53. The smallest absolute Gasteiger partial charge is 0.255 e. The molecule has 0 atom stereocenters. The molecule has 5 heteroatoms. The summed E-state index contributed by atoms with van der Waals surface area (Å²) in [5.41, 5.74) is 2.78. The molecule has 108 valence electrons. The fourth-order valence-corrected chi connectivity index (χ4v) is 1.97. The molecule has 1 heterocycles. The number of rotatable bonds is 3. The molecule has 2 N–H and O–H groups in total. The minimum absolute atomic E-state index is 0.202. The maximum atomic E-state index is 12.3. The first kappa shape index (κ1) is 14.8. The number of hydrogen-bond donors (Lipinski definition) is 2. The third kappa shape index (κ3) is 3.71. The minimum atomic E-state index is -0.203. The summed E-state index contributed by atoms with van der Waals surface area (Å²) in [4.78, 5) is 12.3. The molecule has 0 fully saturated rings. The normalized spacial score (nSPS) is 9.86. The van der Waals surface area contributed by atoms with Gasteiger partial charge in [-0.3, -0.25) is 9.48 Å². The van der Waals surface area contributed by atoms with Crippen molar-refractivity contribution in [2.45, 2.75) is 13.3 Å². The van der Waals surface area contributed by atoms with Gasteiger partial charge in [0.2, 0.25) is 0 Å². The SMILES string of the molecule is CCc1nn(C)cc1NC(=O)c1cccc(C#CCO)c1. The van der Waals surface area contributed by atoms with Crippen molar-refractivity contribution in [3.8, 4) is 11.8 Å². The van der Waals surface area contributed by atoms with E-state index < -0.39 is 0 Å². The van der Waals surface area contributed by atoms with Gasteiger partial charge in [-0.1, -0.05) is 24.8 Å². The summed E-state index contributed by atoms with van der Waals surface area (Å²) in [5.74, 6) is 5.14. The lowest BCUT2D eigenvalue weighted by Crippen LogP contribution is -2.12. The lowest BCUT2D eigenvalue weighted by molar-refractivity contribution is 0.102. The Hall–Kier alpha value is -2.58. The maximum Gasteiger partial charge on any atom is 0.255 e. The number of nitrogens with zero attached hydrogens (tertiary/aromatic N) is 2. The summed E-state index contributed by atoms with van der Waals surface area (Å²) in [6, 6.07) is 6.97. The van der Waals surface area contributed by atoms with Crippen molar-refractivity contribution in [1.82, 2.24) is 9.78 Å². The second-order valence-corrected chi connectivity index (χ2v) is 4.51. The molecule has 2 aromatic rings. The first-order chi connectivity index (χ1) is 10.1. The first-order valence-corrected chi connectivity index (χ1v) is 6.67. The molecule has 0 spiro atoms. The minimum Gasteiger partial charge on any atom is -0.384 e. The van der Waals surface area contributed by atoms with Crippen LogP contribution in [0.2, 0.25) is 0 Å². The quantitative estimate of drug-likeness (QED) is 0.840. The van der Waals surface area contributed by atoms with Crippen LogP contribution in [0.3, 0.4) is 0 Å². The Morgan fingerprint density at radius 2 is 2.29 bits per heavy atom. The zero-order valence-electron chi connectivity index (χ0n) is 12.1. The van der Waals surface area contributed by atoms with E-state index in [-0.39, 0.29) is 12.5 Å². The molecule has 1 aromatic carbocycles. The van der Waals surface area contributed by atoms with Crippen LogP contribution in [0.25, 0.3) is 0 Å². The van der Waals surface area contributed by atoms with E-state index in [0.29, 0.717) is 11.1 Å². The van der Waals surface area contributed by atoms with Crippen molar-refractivity contribution < 1.29 is 9.90 Å². The predicted octanol–water partition coefficient (Wildman–Crippen LogP) is 1.58. The number of anilines is 1. The Morgan fingerprint density at radius 3 is 3.00 bits per heavy atom. The van der Waals surface area contributed by atoms with Crippen LogP contribution in [0, 0.1) is 11.8 Å². The molecule has 0 unspecified atom stereocenters. The van der Waals surface area contributed by atoms with Crippen LogP contribution in [0.4, 0.5) is 5.69 Å². The summed E-state index contributed by atoms with van der Waals surface area (Å²) < 4.78 is 1.68. The van der Waals surface area contributed by atoms with Gasteiger partial charge in [-0.2, -0.15) is 5.10 Å². The number of carbonyl (C=O) groups excluding carboxylic acids is 1. The summed E-state index contributed by atoms with van der Waals surface area (Å²) in [7, 11) is 1.82. The highest BCUT2D eigenvalue weighted by atomic mass is 16.2. The fraction of sp³-hybridized carbons (Fsp3) is 0.250. The molecule has 0 radical (unpaired) electrons. The van der Waals surface area contributed by atoms with Crippen LogP contribution in [0.1, 0.15) is 28.5 Å². The van der Waals surface area contributed by atoms with Crippen LogP contribution in [0.5, 0.6) is 0 Å². The number of aliphatic hydroxyl groups is 1. The van der Waals surface area contributed by atoms with Crippen molar-refractivity contribution in [1.29, 1.82) is 0 Å². The second-order valence-electron chi connectivity index (χ2n) is 4.51. The number of carbonyl (C=O) groups is 1. The standard InChI is InChI=1S/C16H17N3O2/c1-3-14-15(11-19(2)18-14)17-16(21)13-8-4-6-12(10-13)7-5-9-20/h4,6,8,10-11,20H,3,9H2,1-2H3,(H,17,21). The molecular formula is C16H17N3O2. The van der Waals surface area contributed by atoms with Gasteiger partial charge in [-0.15, -0.1) is 0 Å². The molecule has 0 bridgehead atoms. The number of aromatic nitrogens is 2. The third-order valence-electron chi connectivity index (χ3n) is 2.92. The van der Waals surface area contributed by atoms with Gasteiger partial charge < -0.3 is 10.4 Å². The van der Waals surface area contributed by atoms with E-state index in [2.05, 4.69) is 22.3 Å². The van der Waals surface area contributed by atoms with E-state index in [4.69, 9.17) is 5.11 Å². The van der Waals surface area contributed by atoms with E-state index >= 15 is 0 Å². The predicted molar refractivity (Wildman–Crippen MR) is 80.9 cm³/mol. The van der Waals surface area contributed by atoms with Crippen molar-refractivity contribution >= 4 is 11.6 Å². The van der Waals surface area contributed by atoms with Crippen molar-refractivity contribution in [3.05, 3.63) is 47.3 Å². The highest BCUT2D eigenvalue weighted by molar-refractivity contribution is 6.04. The van der Waals surface area contributed by atoms with Crippen molar-refractivity contribution in [2.75, 3.05) is 11.9 Å². The summed E-state index contributed by atoms with van der Waals surface area (Å²) >= 11 is 0. The summed E-state index contributed by atoms with van der Waals surface area (Å²) in [6.45, 7) is 1.79. The van der Waals surface area contributed by atoms with Crippen LogP contribution >= 0.6 is 0 Å². The van der Waals surface area contributed by atoms with Crippen molar-refractivity contribution in [3.63, 3.8) is 0 Å². The molecule has 0 saturated heterocycles. The number of aliphatic hydroxyl groups excluding tert-OH is 1. The van der Waals surface area contributed by atoms with Crippen LogP contribution in [-0.4, -0.2) is 27.4 Å². The topological polar surface area (TPSA) is 67.2 Å². The van der Waals surface area contributed by atoms with E-state index in [0.717, 1.165) is 17.8 Å². The Bertz CT molecular complexity index is 708. The van der Waals surface area contributed by atoms with Gasteiger partial charge in [0.25, 0.3) is 5.91 Å². The summed E-state index contributed by atoms with van der Waals surface area (Å²) in [5, 5.41) is 15.8. The number of hydrogen-bond acceptors (Lipinski definition) is 3. The van der Waals surface area contributed by atoms with E-state index in [1.54, 1.807) is 35.1 Å². The van der Waals surface area contributed by atoms with Gasteiger partial charge in [0.05, 0.1) is 11.4 Å². The highest BCUT2D eigenvalue weighted by Gasteiger charge is 2.11. The second kappa shape index (κ2) is 6.73. The number of nitrogens with one attached hydrogen (secondary N) is 1. The molecule has 2 rings (SSSR count). The van der Waals surface area contributed by atoms with Gasteiger partial charge in [-0.05, 0) is 24.6 Å². The Balaban J connectivity index is 2.20. The van der Waals surface area contributed by atoms with Gasteiger partial charge in [0, 0.05) is 24.4 Å². The third-order valence-corrected chi connectivity index (χ3v) is 2.92. The molecular weight excluding hydrogens is 266 g/mol. The van der Waals surface area contributed by atoms with Crippen LogP contribution < -0.4 is 5.32 Å². The zero-order valence-corrected chi connectivity index (χ0v) is 12.1. The lowest BCUT2D eigenvalue weighted by Gasteiger charge is -2.04. The number of aryl methyl sites for hydroxylation is 2. The average Bonchev–Trinajstić information content (AvgIpc) is 2.85. The van der Waals surface area contributed by atoms with Gasteiger partial charge >= 0.3 is 0 Å². The van der Waals surface area contributed by atoms with E-state index in [1.165, 1.54) is 0 Å². The Kier molecular flexibility index (Phi) is 4.75. The Morgan fingerprint density at radius 1 is 1.48 bits per heavy atom. The molecule has 1 amide bonds. The van der Waals surface area contributed by atoms with Crippen molar-refractivity contribution in [2.24, 2.45) is 7.05 Å². The average molecular weight is 283 g/mol. The van der Waals surface area contributed by atoms with Gasteiger partial charge in [0.1, 0.15) is 6.61 Å². The fourth-order valence-electron chi connectivity index (χ4n) is 1.97. The molecule has 5 nitrogen and oxygen atoms in total. The molecule has 0 saturated carbocycles. The largest absolute Gasteiger partial charge is 0.384 e. The van der Waals surface area contributed by atoms with Gasteiger partial charge in [-0.25, -0.2) is 0 Å². The molecule has 1 aromatic heterocycles. The Labute approximate surface area is 123 Å². The van der Waals surface area contributed by atoms with E-state index in [1.807, 2.05) is 14.0 Å². The first-order valence-electron chi connectivity index (χ1n) is 6.67. The zero-order chi connectivity index (χ0) is 15.2. The number of amides is 1. The van der Waals surface area contributed by atoms with Crippen LogP contribution in [-0.2, 0) is 13.5 Å². The molecule has 21 heavy (non-hydrogen) atoms.